The summed E-state index contributed by atoms with van der Waals surface area (Å²) in [6.45, 7) is 0. The van der Waals surface area contributed by atoms with Crippen LogP contribution in [0.25, 0.3) is 5.69 Å². The third-order valence-electron chi connectivity index (χ3n) is 4.46. The number of nitrogens with zero attached hydrogens (tertiary/aromatic N) is 5. The van der Waals surface area contributed by atoms with Gasteiger partial charge < -0.3 is 10.1 Å². The summed E-state index contributed by atoms with van der Waals surface area (Å²) in [6, 6.07) is 7.64. The fourth-order valence-corrected chi connectivity index (χ4v) is 3.70. The van der Waals surface area contributed by atoms with Gasteiger partial charge in [-0.1, -0.05) is 17.0 Å². The average Bonchev–Trinajstić information content (AvgIpc) is 3.27. The van der Waals surface area contributed by atoms with Crippen molar-refractivity contribution in [1.82, 2.24) is 25.0 Å². The Kier molecular flexibility index (Phi) is 7.10. The Labute approximate surface area is 202 Å². The van der Waals surface area contributed by atoms with Gasteiger partial charge in [-0.2, -0.15) is 0 Å². The van der Waals surface area contributed by atoms with Gasteiger partial charge in [0.2, 0.25) is 0 Å². The van der Waals surface area contributed by atoms with Crippen molar-refractivity contribution < 1.29 is 35.9 Å². The number of rotatable bonds is 7. The molecule has 0 bridgehead atoms. The van der Waals surface area contributed by atoms with E-state index in [4.69, 9.17) is 0 Å². The lowest BCUT2D eigenvalue weighted by atomic mass is 10.2. The summed E-state index contributed by atoms with van der Waals surface area (Å²) in [7, 11) is 0. The summed E-state index contributed by atoms with van der Waals surface area (Å²) in [5.74, 6) is -6.28. The van der Waals surface area contributed by atoms with Crippen molar-refractivity contribution in [2.24, 2.45) is 0 Å². The molecule has 186 valence electrons. The number of hydrogen-bond donors (Lipinski definition) is 1. The monoisotopic (exact) mass is 526 g/mol. The number of alkyl halides is 3. The average molecular weight is 526 g/mol. The van der Waals surface area contributed by atoms with Gasteiger partial charge in [0.25, 0.3) is 5.91 Å². The van der Waals surface area contributed by atoms with Crippen molar-refractivity contribution in [3.05, 3.63) is 83.7 Å². The predicted molar refractivity (Wildman–Crippen MR) is 114 cm³/mol. The highest BCUT2D eigenvalue weighted by atomic mass is 32.2. The molecule has 1 N–H and O–H groups in total. The Balaban J connectivity index is 1.66. The smallest absolute Gasteiger partial charge is 0.406 e. The maximum Gasteiger partial charge on any atom is 0.573 e. The first kappa shape index (κ1) is 25.0. The standard InChI is InChI=1S/C21H12F6N6O2S/c22-13-6-7-14(17(24)16(13)23)30-19(34)18-15(10-36-20-28-8-1-9-29-20)33(32-31-18)11-2-4-12(5-3-11)35-21(25,26)27/h1-9H,10H2,(H,30,34). The number of hydrogen-bond acceptors (Lipinski definition) is 7. The van der Waals surface area contributed by atoms with Crippen molar-refractivity contribution in [3.63, 3.8) is 0 Å². The van der Waals surface area contributed by atoms with E-state index in [1.54, 1.807) is 6.07 Å². The third-order valence-corrected chi connectivity index (χ3v) is 5.34. The number of carbonyl (C=O) groups is 1. The highest BCUT2D eigenvalue weighted by Crippen LogP contribution is 2.27. The first-order chi connectivity index (χ1) is 17.1. The fraction of sp³-hybridized carbons (Fsp3) is 0.0952. The largest absolute Gasteiger partial charge is 0.573 e. The minimum atomic E-state index is -4.88. The maximum absolute atomic E-state index is 14.1. The first-order valence-electron chi connectivity index (χ1n) is 9.78. The van der Waals surface area contributed by atoms with E-state index in [1.807, 2.05) is 0 Å². The molecule has 2 aromatic heterocycles. The van der Waals surface area contributed by atoms with Gasteiger partial charge in [0, 0.05) is 18.1 Å². The number of carbonyl (C=O) groups excluding carboxylic acids is 1. The number of halogens is 6. The number of benzene rings is 2. The number of thioether (sulfide) groups is 1. The molecule has 0 aliphatic rings. The van der Waals surface area contributed by atoms with Crippen molar-refractivity contribution in [1.29, 1.82) is 0 Å². The van der Waals surface area contributed by atoms with Crippen LogP contribution in [-0.4, -0.2) is 37.2 Å². The van der Waals surface area contributed by atoms with E-state index >= 15 is 0 Å². The fourth-order valence-electron chi connectivity index (χ4n) is 2.90. The molecule has 1 amide bonds. The van der Waals surface area contributed by atoms with Crippen molar-refractivity contribution >= 4 is 23.4 Å². The molecule has 0 unspecified atom stereocenters. The van der Waals surface area contributed by atoms with Crippen molar-refractivity contribution in [2.75, 3.05) is 5.32 Å². The van der Waals surface area contributed by atoms with E-state index in [0.717, 1.165) is 30.0 Å². The third kappa shape index (κ3) is 5.73. The minimum Gasteiger partial charge on any atom is -0.406 e. The second kappa shape index (κ2) is 10.2. The molecule has 8 nitrogen and oxygen atoms in total. The Bertz CT molecular complexity index is 1380. The van der Waals surface area contributed by atoms with Crippen LogP contribution in [0.1, 0.15) is 16.2 Å². The summed E-state index contributed by atoms with van der Waals surface area (Å²) in [5.41, 5.74) is -0.581. The molecule has 2 aromatic carbocycles. The zero-order valence-corrected chi connectivity index (χ0v) is 18.4. The van der Waals surface area contributed by atoms with Crippen LogP contribution in [0.3, 0.4) is 0 Å². The lowest BCUT2D eigenvalue weighted by Crippen LogP contribution is -2.17. The van der Waals surface area contributed by atoms with E-state index in [1.165, 1.54) is 29.2 Å². The molecule has 0 atom stereocenters. The zero-order valence-electron chi connectivity index (χ0n) is 17.6. The summed E-state index contributed by atoms with van der Waals surface area (Å²) in [6.07, 6.45) is -1.90. The normalized spacial score (nSPS) is 11.4. The van der Waals surface area contributed by atoms with Crippen LogP contribution >= 0.6 is 11.8 Å². The molecule has 0 fully saturated rings. The van der Waals surface area contributed by atoms with E-state index in [-0.39, 0.29) is 22.8 Å². The Morgan fingerprint density at radius 3 is 2.36 bits per heavy atom. The number of nitrogens with one attached hydrogen (secondary N) is 1. The predicted octanol–water partition coefficient (Wildman–Crippen LogP) is 4.92. The van der Waals surface area contributed by atoms with Crippen LogP contribution in [0.4, 0.5) is 32.0 Å². The molecule has 0 spiro atoms. The molecule has 0 radical (unpaired) electrons. The SMILES string of the molecule is O=C(Nc1ccc(F)c(F)c1F)c1nnn(-c2ccc(OC(F)(F)F)cc2)c1CSc1ncccn1. The molecule has 0 aliphatic carbocycles. The Hall–Kier alpha value is -4.14. The van der Waals surface area contributed by atoms with Crippen LogP contribution in [0.5, 0.6) is 5.75 Å². The van der Waals surface area contributed by atoms with E-state index in [9.17, 15) is 31.1 Å². The van der Waals surface area contributed by atoms with Crippen LogP contribution in [0.15, 0.2) is 60.0 Å². The number of anilines is 1. The molecule has 15 heteroatoms. The highest BCUT2D eigenvalue weighted by molar-refractivity contribution is 7.98. The Morgan fingerprint density at radius 2 is 1.69 bits per heavy atom. The minimum absolute atomic E-state index is 0.000824. The number of ether oxygens (including phenoxy) is 1. The second-order valence-electron chi connectivity index (χ2n) is 6.84. The molecular formula is C21H12F6N6O2S. The lowest BCUT2D eigenvalue weighted by Gasteiger charge is -2.11. The summed E-state index contributed by atoms with van der Waals surface area (Å²) >= 11 is 1.08. The molecule has 2 heterocycles. The molecular weight excluding hydrogens is 514 g/mol. The summed E-state index contributed by atoms with van der Waals surface area (Å²) < 4.78 is 83.2. The van der Waals surface area contributed by atoms with Gasteiger partial charge >= 0.3 is 6.36 Å². The number of amides is 1. The van der Waals surface area contributed by atoms with E-state index in [2.05, 4.69) is 30.3 Å². The lowest BCUT2D eigenvalue weighted by molar-refractivity contribution is -0.274. The van der Waals surface area contributed by atoms with Gasteiger partial charge in [-0.15, -0.1) is 18.3 Å². The van der Waals surface area contributed by atoms with Crippen molar-refractivity contribution in [2.45, 2.75) is 17.3 Å². The molecule has 0 saturated carbocycles. The van der Waals surface area contributed by atoms with E-state index < -0.39 is 41.2 Å². The summed E-state index contributed by atoms with van der Waals surface area (Å²) in [4.78, 5) is 21.0. The first-order valence-corrected chi connectivity index (χ1v) is 10.8. The number of aromatic nitrogens is 5. The molecule has 4 aromatic rings. The molecule has 4 rings (SSSR count). The van der Waals surface area contributed by atoms with Gasteiger partial charge in [-0.3, -0.25) is 4.79 Å². The second-order valence-corrected chi connectivity index (χ2v) is 7.78. The Morgan fingerprint density at radius 1 is 1.00 bits per heavy atom. The van der Waals surface area contributed by atoms with Gasteiger partial charge in [0.05, 0.1) is 17.1 Å². The van der Waals surface area contributed by atoms with E-state index in [0.29, 0.717) is 11.2 Å². The molecule has 0 saturated heterocycles. The quantitative estimate of drug-likeness (QED) is 0.158. The van der Waals surface area contributed by atoms with Crippen LogP contribution in [-0.2, 0) is 5.75 Å². The maximum atomic E-state index is 14.1. The molecule has 36 heavy (non-hydrogen) atoms. The van der Waals surface area contributed by atoms with Gasteiger partial charge in [0.15, 0.2) is 28.3 Å². The van der Waals surface area contributed by atoms with Crippen molar-refractivity contribution in [3.8, 4) is 11.4 Å². The summed E-state index contributed by atoms with van der Waals surface area (Å²) in [5, 5.41) is 10.1. The topological polar surface area (TPSA) is 94.8 Å². The van der Waals surface area contributed by atoms with Crippen LogP contribution in [0.2, 0.25) is 0 Å². The van der Waals surface area contributed by atoms with Gasteiger partial charge in [-0.05, 0) is 42.5 Å². The van der Waals surface area contributed by atoms with Gasteiger partial charge in [0.1, 0.15) is 5.75 Å². The zero-order chi connectivity index (χ0) is 25.9. The highest BCUT2D eigenvalue weighted by Gasteiger charge is 2.31. The van der Waals surface area contributed by atoms with Gasteiger partial charge in [-0.25, -0.2) is 27.8 Å². The molecule has 0 aliphatic heterocycles. The van der Waals surface area contributed by atoms with Crippen LogP contribution in [0, 0.1) is 17.5 Å². The van der Waals surface area contributed by atoms with Crippen LogP contribution < -0.4 is 10.1 Å².